The number of piperazine rings is 1. The van der Waals surface area contributed by atoms with Gasteiger partial charge < -0.3 is 15.0 Å². The van der Waals surface area contributed by atoms with E-state index >= 15 is 0 Å². The molecule has 1 amide bonds. The number of nitrogens with zero attached hydrogens (tertiary/aromatic N) is 2. The zero-order valence-electron chi connectivity index (χ0n) is 15.6. The van der Waals surface area contributed by atoms with Crippen LogP contribution >= 0.6 is 0 Å². The molecular weight excluding hydrogens is 302 g/mol. The molecule has 1 saturated heterocycles. The molecular formula is C19H31N3O2. The molecule has 0 unspecified atom stereocenters. The third kappa shape index (κ3) is 4.87. The standard InChI is InChI=1S/C19H31N3O2/c1-15(20-18(23)19(2,3)4)14-21-10-12-22(13-11-21)16-8-6-7-9-17(16)24-5/h6-9,15H,10-14H2,1-5H3,(H,20,23)/t15-/m1/s1. The van der Waals surface area contributed by atoms with Crippen molar-refractivity contribution >= 4 is 11.6 Å². The zero-order chi connectivity index (χ0) is 17.7. The molecule has 0 aliphatic carbocycles. The van der Waals surface area contributed by atoms with Gasteiger partial charge in [-0.3, -0.25) is 9.69 Å². The van der Waals surface area contributed by atoms with Gasteiger partial charge >= 0.3 is 0 Å². The Hall–Kier alpha value is -1.75. The van der Waals surface area contributed by atoms with Crippen molar-refractivity contribution < 1.29 is 9.53 Å². The maximum atomic E-state index is 12.1. The van der Waals surface area contributed by atoms with Gasteiger partial charge in [0.05, 0.1) is 12.8 Å². The van der Waals surface area contributed by atoms with Crippen molar-refractivity contribution in [2.45, 2.75) is 33.7 Å². The van der Waals surface area contributed by atoms with Crippen LogP contribution in [0.1, 0.15) is 27.7 Å². The maximum Gasteiger partial charge on any atom is 0.225 e. The van der Waals surface area contributed by atoms with Gasteiger partial charge in [-0.1, -0.05) is 32.9 Å². The number of amides is 1. The van der Waals surface area contributed by atoms with E-state index in [1.54, 1.807) is 7.11 Å². The van der Waals surface area contributed by atoms with Crippen molar-refractivity contribution in [1.29, 1.82) is 0 Å². The normalized spacial score (nSPS) is 17.5. The molecule has 2 rings (SSSR count). The molecule has 1 aromatic rings. The van der Waals surface area contributed by atoms with Gasteiger partial charge in [-0.15, -0.1) is 0 Å². The molecule has 134 valence electrons. The Labute approximate surface area is 146 Å². The second-order valence-electron chi connectivity index (χ2n) is 7.58. The average molecular weight is 333 g/mol. The summed E-state index contributed by atoms with van der Waals surface area (Å²) in [6.07, 6.45) is 0. The highest BCUT2D eigenvalue weighted by Gasteiger charge is 2.25. The molecule has 24 heavy (non-hydrogen) atoms. The number of nitrogens with one attached hydrogen (secondary N) is 1. The zero-order valence-corrected chi connectivity index (χ0v) is 15.6. The molecule has 1 aliphatic rings. The average Bonchev–Trinajstić information content (AvgIpc) is 2.54. The van der Waals surface area contributed by atoms with Crippen LogP contribution in [0.15, 0.2) is 24.3 Å². The molecule has 1 aliphatic heterocycles. The Balaban J connectivity index is 1.83. The number of anilines is 1. The molecule has 0 bridgehead atoms. The summed E-state index contributed by atoms with van der Waals surface area (Å²) in [4.78, 5) is 16.9. The van der Waals surface area contributed by atoms with Gasteiger partial charge in [-0.05, 0) is 19.1 Å². The lowest BCUT2D eigenvalue weighted by Crippen LogP contribution is -2.52. The van der Waals surface area contributed by atoms with Crippen LogP contribution in [-0.2, 0) is 4.79 Å². The minimum absolute atomic E-state index is 0.114. The highest BCUT2D eigenvalue weighted by molar-refractivity contribution is 5.81. The van der Waals surface area contributed by atoms with Crippen molar-refractivity contribution in [1.82, 2.24) is 10.2 Å². The molecule has 0 saturated carbocycles. The van der Waals surface area contributed by atoms with Gasteiger partial charge in [0.25, 0.3) is 0 Å². The summed E-state index contributed by atoms with van der Waals surface area (Å²) in [6.45, 7) is 12.7. The summed E-state index contributed by atoms with van der Waals surface area (Å²) in [5.74, 6) is 1.04. The van der Waals surface area contributed by atoms with Crippen molar-refractivity contribution in [2.75, 3.05) is 44.7 Å². The summed E-state index contributed by atoms with van der Waals surface area (Å²) < 4.78 is 5.46. The van der Waals surface area contributed by atoms with E-state index < -0.39 is 0 Å². The molecule has 5 nitrogen and oxygen atoms in total. The Kier molecular flexibility index (Phi) is 6.10. The number of benzene rings is 1. The summed E-state index contributed by atoms with van der Waals surface area (Å²) >= 11 is 0. The second kappa shape index (κ2) is 7.88. The first-order valence-electron chi connectivity index (χ1n) is 8.72. The molecule has 0 radical (unpaired) electrons. The van der Waals surface area contributed by atoms with Gasteiger partial charge in [0.15, 0.2) is 0 Å². The largest absolute Gasteiger partial charge is 0.495 e. The van der Waals surface area contributed by atoms with Crippen LogP contribution in [0.2, 0.25) is 0 Å². The first kappa shape index (κ1) is 18.6. The molecule has 1 N–H and O–H groups in total. The van der Waals surface area contributed by atoms with E-state index in [0.29, 0.717) is 0 Å². The van der Waals surface area contributed by atoms with Crippen LogP contribution in [0, 0.1) is 5.41 Å². The predicted octanol–water partition coefficient (Wildman–Crippen LogP) is 2.37. The van der Waals surface area contributed by atoms with E-state index in [2.05, 4.69) is 28.1 Å². The third-order valence-corrected chi connectivity index (χ3v) is 4.39. The molecule has 1 atom stereocenters. The number of ether oxygens (including phenoxy) is 1. The topological polar surface area (TPSA) is 44.8 Å². The maximum absolute atomic E-state index is 12.1. The number of hydrogen-bond acceptors (Lipinski definition) is 4. The van der Waals surface area contributed by atoms with Crippen LogP contribution in [-0.4, -0.2) is 56.7 Å². The lowest BCUT2D eigenvalue weighted by Gasteiger charge is -2.38. The molecule has 1 aromatic carbocycles. The van der Waals surface area contributed by atoms with Crippen molar-refractivity contribution in [3.05, 3.63) is 24.3 Å². The molecule has 0 spiro atoms. The summed E-state index contributed by atoms with van der Waals surface area (Å²) in [6, 6.07) is 8.33. The van der Waals surface area contributed by atoms with E-state index in [1.165, 1.54) is 0 Å². The van der Waals surface area contributed by atoms with E-state index in [-0.39, 0.29) is 17.4 Å². The SMILES string of the molecule is COc1ccccc1N1CCN(C[C@@H](C)NC(=O)C(C)(C)C)CC1. The van der Waals surface area contributed by atoms with Crippen molar-refractivity contribution in [3.8, 4) is 5.75 Å². The fourth-order valence-electron chi connectivity index (χ4n) is 2.94. The van der Waals surface area contributed by atoms with Crippen molar-refractivity contribution in [2.24, 2.45) is 5.41 Å². The van der Waals surface area contributed by atoms with Gasteiger partial charge in [0.1, 0.15) is 5.75 Å². The Morgan fingerprint density at radius 1 is 1.21 bits per heavy atom. The fourth-order valence-corrected chi connectivity index (χ4v) is 2.94. The molecule has 5 heteroatoms. The van der Waals surface area contributed by atoms with Crippen LogP contribution in [0.5, 0.6) is 5.75 Å². The second-order valence-corrected chi connectivity index (χ2v) is 7.58. The molecule has 1 heterocycles. The summed E-state index contributed by atoms with van der Waals surface area (Å²) in [7, 11) is 1.72. The fraction of sp³-hybridized carbons (Fsp3) is 0.632. The molecule has 0 aromatic heterocycles. The summed E-state index contributed by atoms with van der Waals surface area (Å²) in [5.41, 5.74) is 0.824. The van der Waals surface area contributed by atoms with Gasteiger partial charge in [-0.25, -0.2) is 0 Å². The minimum Gasteiger partial charge on any atom is -0.495 e. The van der Waals surface area contributed by atoms with Gasteiger partial charge in [-0.2, -0.15) is 0 Å². The molecule has 1 fully saturated rings. The van der Waals surface area contributed by atoms with E-state index in [4.69, 9.17) is 4.74 Å². The van der Waals surface area contributed by atoms with Gasteiger partial charge in [0, 0.05) is 44.2 Å². The monoisotopic (exact) mass is 333 g/mol. The van der Waals surface area contributed by atoms with Crippen LogP contribution < -0.4 is 15.0 Å². The lowest BCUT2D eigenvalue weighted by atomic mass is 9.95. The first-order chi connectivity index (χ1) is 11.3. The first-order valence-corrected chi connectivity index (χ1v) is 8.72. The van der Waals surface area contributed by atoms with E-state index in [1.807, 2.05) is 39.0 Å². The predicted molar refractivity (Wildman–Crippen MR) is 98.7 cm³/mol. The third-order valence-electron chi connectivity index (χ3n) is 4.39. The minimum atomic E-state index is -0.336. The highest BCUT2D eigenvalue weighted by atomic mass is 16.5. The highest BCUT2D eigenvalue weighted by Crippen LogP contribution is 2.28. The van der Waals surface area contributed by atoms with Crippen LogP contribution in [0.4, 0.5) is 5.69 Å². The number of carbonyl (C=O) groups excluding carboxylic acids is 1. The quantitative estimate of drug-likeness (QED) is 0.898. The van der Waals surface area contributed by atoms with Crippen molar-refractivity contribution in [3.63, 3.8) is 0 Å². The van der Waals surface area contributed by atoms with Crippen LogP contribution in [0.25, 0.3) is 0 Å². The van der Waals surface area contributed by atoms with Crippen LogP contribution in [0.3, 0.4) is 0 Å². The summed E-state index contributed by atoms with van der Waals surface area (Å²) in [5, 5.41) is 3.11. The Bertz CT molecular complexity index is 546. The Morgan fingerprint density at radius 3 is 2.42 bits per heavy atom. The van der Waals surface area contributed by atoms with Gasteiger partial charge in [0.2, 0.25) is 5.91 Å². The lowest BCUT2D eigenvalue weighted by molar-refractivity contribution is -0.129. The number of para-hydroxylation sites is 2. The van der Waals surface area contributed by atoms with E-state index in [9.17, 15) is 4.79 Å². The number of methoxy groups -OCH3 is 1. The number of hydrogen-bond donors (Lipinski definition) is 1. The number of carbonyl (C=O) groups is 1. The Morgan fingerprint density at radius 2 is 1.83 bits per heavy atom. The smallest absolute Gasteiger partial charge is 0.225 e. The number of rotatable bonds is 5. The van der Waals surface area contributed by atoms with E-state index in [0.717, 1.165) is 44.2 Å².